The predicted octanol–water partition coefficient (Wildman–Crippen LogP) is 2.28. The zero-order chi connectivity index (χ0) is 12.2. The first kappa shape index (κ1) is 13.0. The van der Waals surface area contributed by atoms with Crippen LogP contribution in [-0.2, 0) is 0 Å². The first-order valence-corrected chi connectivity index (χ1v) is 5.55. The molecule has 90 valence electrons. The molecule has 1 atom stereocenters. The monoisotopic (exact) mass is 224 g/mol. The first-order valence-electron chi connectivity index (χ1n) is 5.55. The van der Waals surface area contributed by atoms with Crippen molar-refractivity contribution in [3.05, 3.63) is 29.8 Å². The fourth-order valence-corrected chi connectivity index (χ4v) is 1.28. The van der Waals surface area contributed by atoms with E-state index in [-0.39, 0.29) is 6.61 Å². The summed E-state index contributed by atoms with van der Waals surface area (Å²) in [5, 5.41) is 19.1. The predicted molar refractivity (Wildman–Crippen MR) is 63.5 cm³/mol. The molecule has 3 nitrogen and oxygen atoms in total. The average Bonchev–Trinajstić information content (AvgIpc) is 2.25. The maximum absolute atomic E-state index is 9.60. The van der Waals surface area contributed by atoms with Gasteiger partial charge in [0.05, 0.1) is 11.7 Å². The molecule has 0 spiro atoms. The van der Waals surface area contributed by atoms with Crippen LogP contribution < -0.4 is 4.74 Å². The van der Waals surface area contributed by atoms with E-state index in [1.54, 1.807) is 26.0 Å². The van der Waals surface area contributed by atoms with Crippen molar-refractivity contribution >= 4 is 0 Å². The normalized spacial score (nSPS) is 13.6. The highest BCUT2D eigenvalue weighted by Gasteiger charge is 2.13. The van der Waals surface area contributed by atoms with Crippen LogP contribution in [0.1, 0.15) is 38.9 Å². The summed E-state index contributed by atoms with van der Waals surface area (Å²) in [4.78, 5) is 0. The van der Waals surface area contributed by atoms with Gasteiger partial charge in [-0.15, -0.1) is 0 Å². The van der Waals surface area contributed by atoms with Gasteiger partial charge in [-0.25, -0.2) is 0 Å². The number of aliphatic hydroxyl groups is 2. The fraction of sp³-hybridized carbons (Fsp3) is 0.538. The SMILES string of the molecule is CC[C@@H](O)c1ccc(OCC(C)(C)O)cc1. The molecule has 1 aromatic carbocycles. The number of rotatable bonds is 5. The van der Waals surface area contributed by atoms with E-state index in [4.69, 9.17) is 4.74 Å². The van der Waals surface area contributed by atoms with E-state index in [0.29, 0.717) is 12.2 Å². The lowest BCUT2D eigenvalue weighted by atomic mass is 10.1. The zero-order valence-electron chi connectivity index (χ0n) is 10.1. The van der Waals surface area contributed by atoms with Gasteiger partial charge in [0.2, 0.25) is 0 Å². The summed E-state index contributed by atoms with van der Waals surface area (Å²) in [5.74, 6) is 0.703. The number of hydrogen-bond acceptors (Lipinski definition) is 3. The third-order valence-corrected chi connectivity index (χ3v) is 2.24. The smallest absolute Gasteiger partial charge is 0.119 e. The van der Waals surface area contributed by atoms with Gasteiger partial charge in [0.25, 0.3) is 0 Å². The fourth-order valence-electron chi connectivity index (χ4n) is 1.28. The van der Waals surface area contributed by atoms with Crippen LogP contribution >= 0.6 is 0 Å². The summed E-state index contributed by atoms with van der Waals surface area (Å²) >= 11 is 0. The van der Waals surface area contributed by atoms with Gasteiger partial charge >= 0.3 is 0 Å². The number of aliphatic hydroxyl groups excluding tert-OH is 1. The molecule has 0 bridgehead atoms. The Hall–Kier alpha value is -1.06. The molecule has 0 fully saturated rings. The summed E-state index contributed by atoms with van der Waals surface area (Å²) in [6, 6.07) is 7.29. The number of hydrogen-bond donors (Lipinski definition) is 2. The lowest BCUT2D eigenvalue weighted by Crippen LogP contribution is -2.27. The number of ether oxygens (including phenoxy) is 1. The number of benzene rings is 1. The topological polar surface area (TPSA) is 49.7 Å². The molecule has 0 aliphatic heterocycles. The van der Waals surface area contributed by atoms with Crippen LogP contribution in [0.4, 0.5) is 0 Å². The van der Waals surface area contributed by atoms with E-state index in [2.05, 4.69) is 0 Å². The van der Waals surface area contributed by atoms with Crippen molar-refractivity contribution in [3.8, 4) is 5.75 Å². The largest absolute Gasteiger partial charge is 0.491 e. The average molecular weight is 224 g/mol. The van der Waals surface area contributed by atoms with Gasteiger partial charge in [-0.1, -0.05) is 19.1 Å². The van der Waals surface area contributed by atoms with Crippen LogP contribution in [0.25, 0.3) is 0 Å². The van der Waals surface area contributed by atoms with Crippen LogP contribution in [-0.4, -0.2) is 22.4 Å². The molecule has 0 heterocycles. The van der Waals surface area contributed by atoms with E-state index >= 15 is 0 Å². The molecule has 1 rings (SSSR count). The third-order valence-electron chi connectivity index (χ3n) is 2.24. The Kier molecular flexibility index (Phi) is 4.33. The van der Waals surface area contributed by atoms with E-state index in [1.807, 2.05) is 19.1 Å². The van der Waals surface area contributed by atoms with Crippen molar-refractivity contribution in [1.82, 2.24) is 0 Å². The van der Waals surface area contributed by atoms with E-state index in [9.17, 15) is 10.2 Å². The Labute approximate surface area is 96.7 Å². The van der Waals surface area contributed by atoms with Gasteiger partial charge in [-0.2, -0.15) is 0 Å². The van der Waals surface area contributed by atoms with Crippen LogP contribution in [0.5, 0.6) is 5.75 Å². The van der Waals surface area contributed by atoms with Gasteiger partial charge in [-0.3, -0.25) is 0 Å². The van der Waals surface area contributed by atoms with Crippen molar-refractivity contribution in [2.45, 2.75) is 38.9 Å². The van der Waals surface area contributed by atoms with Crippen LogP contribution in [0, 0.1) is 0 Å². The van der Waals surface area contributed by atoms with Gasteiger partial charge in [0.15, 0.2) is 0 Å². The van der Waals surface area contributed by atoms with Crippen molar-refractivity contribution in [1.29, 1.82) is 0 Å². The molecular weight excluding hydrogens is 204 g/mol. The lowest BCUT2D eigenvalue weighted by Gasteiger charge is -2.18. The Bertz CT molecular complexity index is 311. The summed E-state index contributed by atoms with van der Waals surface area (Å²) in [6.07, 6.45) is 0.285. The van der Waals surface area contributed by atoms with E-state index < -0.39 is 11.7 Å². The highest BCUT2D eigenvalue weighted by atomic mass is 16.5. The van der Waals surface area contributed by atoms with Gasteiger partial charge in [-0.05, 0) is 38.0 Å². The first-order chi connectivity index (χ1) is 7.42. The quantitative estimate of drug-likeness (QED) is 0.806. The summed E-state index contributed by atoms with van der Waals surface area (Å²) < 4.78 is 5.41. The third kappa shape index (κ3) is 4.21. The molecule has 0 amide bonds. The molecule has 16 heavy (non-hydrogen) atoms. The minimum absolute atomic E-state index is 0.253. The minimum atomic E-state index is -0.832. The van der Waals surface area contributed by atoms with Crippen molar-refractivity contribution in [2.24, 2.45) is 0 Å². The van der Waals surface area contributed by atoms with Gasteiger partial charge in [0.1, 0.15) is 12.4 Å². The lowest BCUT2D eigenvalue weighted by molar-refractivity contribution is 0.0284. The van der Waals surface area contributed by atoms with Crippen LogP contribution in [0.15, 0.2) is 24.3 Å². The van der Waals surface area contributed by atoms with Gasteiger partial charge < -0.3 is 14.9 Å². The van der Waals surface area contributed by atoms with Crippen LogP contribution in [0.2, 0.25) is 0 Å². The van der Waals surface area contributed by atoms with Crippen LogP contribution in [0.3, 0.4) is 0 Å². The summed E-state index contributed by atoms with van der Waals surface area (Å²) in [5.41, 5.74) is 0.0554. The Morgan fingerprint density at radius 2 is 1.81 bits per heavy atom. The second kappa shape index (κ2) is 5.32. The second-order valence-electron chi connectivity index (χ2n) is 4.59. The van der Waals surface area contributed by atoms with Gasteiger partial charge in [0, 0.05) is 0 Å². The molecular formula is C13H20O3. The maximum atomic E-state index is 9.60. The molecule has 0 unspecified atom stereocenters. The molecule has 2 N–H and O–H groups in total. The molecule has 0 aliphatic rings. The molecule has 0 aromatic heterocycles. The minimum Gasteiger partial charge on any atom is -0.491 e. The molecule has 0 radical (unpaired) electrons. The van der Waals surface area contributed by atoms with Crippen molar-refractivity contribution in [2.75, 3.05) is 6.61 Å². The maximum Gasteiger partial charge on any atom is 0.119 e. The summed E-state index contributed by atoms with van der Waals surface area (Å²) in [7, 11) is 0. The standard InChI is InChI=1S/C13H20O3/c1-4-12(14)10-5-7-11(8-6-10)16-9-13(2,3)15/h5-8,12,14-15H,4,9H2,1-3H3/t12-/m1/s1. The molecule has 0 saturated carbocycles. The van der Waals surface area contributed by atoms with E-state index in [0.717, 1.165) is 5.56 Å². The molecule has 0 aliphatic carbocycles. The molecule has 0 saturated heterocycles. The van der Waals surface area contributed by atoms with Crippen molar-refractivity contribution in [3.63, 3.8) is 0 Å². The zero-order valence-corrected chi connectivity index (χ0v) is 10.1. The van der Waals surface area contributed by atoms with Crippen molar-refractivity contribution < 1.29 is 14.9 Å². The Balaban J connectivity index is 2.58. The molecule has 3 heteroatoms. The summed E-state index contributed by atoms with van der Waals surface area (Å²) in [6.45, 7) is 5.58. The molecule has 1 aromatic rings. The highest BCUT2D eigenvalue weighted by molar-refractivity contribution is 5.28. The second-order valence-corrected chi connectivity index (χ2v) is 4.59. The Morgan fingerprint density at radius 3 is 2.25 bits per heavy atom. The highest BCUT2D eigenvalue weighted by Crippen LogP contribution is 2.20. The van der Waals surface area contributed by atoms with E-state index in [1.165, 1.54) is 0 Å². The Morgan fingerprint density at radius 1 is 1.25 bits per heavy atom.